The van der Waals surface area contributed by atoms with Gasteiger partial charge in [0.15, 0.2) is 0 Å². The van der Waals surface area contributed by atoms with Gasteiger partial charge in [0.2, 0.25) is 11.9 Å². The van der Waals surface area contributed by atoms with Gasteiger partial charge in [0.1, 0.15) is 0 Å². The molecule has 3 aromatic carbocycles. The molecule has 184 valence electrons. The van der Waals surface area contributed by atoms with E-state index in [1.54, 1.807) is 11.9 Å². The molecule has 1 fully saturated rings. The number of imidazole rings is 1. The van der Waals surface area contributed by atoms with E-state index in [0.29, 0.717) is 19.0 Å². The number of nitrogens with zero attached hydrogens (tertiary/aromatic N) is 2. The molecule has 1 amide bonds. The van der Waals surface area contributed by atoms with E-state index in [1.807, 2.05) is 73.7 Å². The number of carbonyl (C=O) groups excluding carboxylic acids is 2. The number of nitrogens with one attached hydrogen (secondary N) is 2. The predicted octanol–water partition coefficient (Wildman–Crippen LogP) is 5.63. The summed E-state index contributed by atoms with van der Waals surface area (Å²) in [6.45, 7) is 2.55. The fourth-order valence-corrected chi connectivity index (χ4v) is 4.64. The van der Waals surface area contributed by atoms with E-state index in [4.69, 9.17) is 4.74 Å². The summed E-state index contributed by atoms with van der Waals surface area (Å²) in [6.07, 6.45) is 2.49. The van der Waals surface area contributed by atoms with Crippen molar-refractivity contribution in [1.29, 1.82) is 0 Å². The number of fused-ring (bicyclic) bond motifs is 1. The van der Waals surface area contributed by atoms with Crippen molar-refractivity contribution in [2.45, 2.75) is 38.5 Å². The maximum absolute atomic E-state index is 13.0. The topological polar surface area (TPSA) is 87.3 Å². The summed E-state index contributed by atoms with van der Waals surface area (Å²) < 4.78 is 5.16. The molecule has 1 saturated heterocycles. The number of aryl methyl sites for hydroxylation is 1. The number of hydrogen-bond donors (Lipinski definition) is 2. The van der Waals surface area contributed by atoms with Crippen molar-refractivity contribution in [2.24, 2.45) is 0 Å². The summed E-state index contributed by atoms with van der Waals surface area (Å²) in [7, 11) is 1.79. The van der Waals surface area contributed by atoms with Crippen LogP contribution in [0, 0.1) is 6.92 Å². The summed E-state index contributed by atoms with van der Waals surface area (Å²) in [5.41, 5.74) is 6.71. The number of aromatic amines is 1. The minimum absolute atomic E-state index is 0.00193. The first-order valence-electron chi connectivity index (χ1n) is 12.3. The quantitative estimate of drug-likeness (QED) is 0.348. The van der Waals surface area contributed by atoms with Gasteiger partial charge in [0.25, 0.3) is 0 Å². The molecule has 7 nitrogen and oxygen atoms in total. The lowest BCUT2D eigenvalue weighted by Crippen LogP contribution is -2.27. The highest BCUT2D eigenvalue weighted by Gasteiger charge is 2.21. The number of para-hydroxylation sites is 1. The Kier molecular flexibility index (Phi) is 6.71. The third-order valence-corrected chi connectivity index (χ3v) is 6.80. The number of anilines is 3. The summed E-state index contributed by atoms with van der Waals surface area (Å²) in [6, 6.07) is 21.8. The van der Waals surface area contributed by atoms with E-state index in [9.17, 15) is 9.59 Å². The zero-order valence-electron chi connectivity index (χ0n) is 20.6. The second-order valence-electron chi connectivity index (χ2n) is 9.36. The lowest BCUT2D eigenvalue weighted by Gasteiger charge is -2.19. The van der Waals surface area contributed by atoms with Crippen LogP contribution < -0.4 is 10.2 Å². The molecule has 0 aliphatic carbocycles. The van der Waals surface area contributed by atoms with Crippen molar-refractivity contribution in [3.05, 3.63) is 83.4 Å². The maximum atomic E-state index is 13.0. The van der Waals surface area contributed by atoms with Crippen molar-refractivity contribution in [2.75, 3.05) is 23.9 Å². The van der Waals surface area contributed by atoms with Gasteiger partial charge in [-0.15, -0.1) is 0 Å². The van der Waals surface area contributed by atoms with Crippen LogP contribution in [-0.4, -0.2) is 35.5 Å². The van der Waals surface area contributed by atoms with Crippen molar-refractivity contribution < 1.29 is 14.3 Å². The molecule has 2 heterocycles. The van der Waals surface area contributed by atoms with Crippen LogP contribution in [0.5, 0.6) is 0 Å². The molecule has 0 saturated carbocycles. The van der Waals surface area contributed by atoms with Crippen molar-refractivity contribution in [3.8, 4) is 0 Å². The molecule has 2 N–H and O–H groups in total. The van der Waals surface area contributed by atoms with Crippen molar-refractivity contribution in [3.63, 3.8) is 0 Å². The zero-order chi connectivity index (χ0) is 25.1. The molecule has 5 rings (SSSR count). The van der Waals surface area contributed by atoms with Crippen LogP contribution in [0.2, 0.25) is 0 Å². The third kappa shape index (κ3) is 5.25. The number of cyclic esters (lactones) is 1. The van der Waals surface area contributed by atoms with Gasteiger partial charge in [-0.25, -0.2) is 4.98 Å². The first kappa shape index (κ1) is 23.6. The molecule has 1 aliphatic rings. The Balaban J connectivity index is 1.25. The fraction of sp³-hybridized carbons (Fsp3) is 0.276. The number of H-pyrrole nitrogens is 1. The monoisotopic (exact) mass is 482 g/mol. The highest BCUT2D eigenvalue weighted by molar-refractivity contribution is 5.94. The van der Waals surface area contributed by atoms with E-state index in [2.05, 4.69) is 15.3 Å². The lowest BCUT2D eigenvalue weighted by atomic mass is 9.92. The van der Waals surface area contributed by atoms with Crippen LogP contribution in [0.4, 0.5) is 17.3 Å². The molecule has 0 bridgehead atoms. The Morgan fingerprint density at radius 3 is 2.75 bits per heavy atom. The summed E-state index contributed by atoms with van der Waals surface area (Å²) >= 11 is 0. The molecule has 36 heavy (non-hydrogen) atoms. The number of hydrogen-bond acceptors (Lipinski definition) is 5. The minimum Gasteiger partial charge on any atom is -0.466 e. The van der Waals surface area contributed by atoms with Crippen LogP contribution >= 0.6 is 0 Å². The highest BCUT2D eigenvalue weighted by Crippen LogP contribution is 2.29. The second-order valence-corrected chi connectivity index (χ2v) is 9.36. The van der Waals surface area contributed by atoms with E-state index < -0.39 is 0 Å². The Hall–Kier alpha value is -4.13. The third-order valence-electron chi connectivity index (χ3n) is 6.80. The van der Waals surface area contributed by atoms with Crippen LogP contribution in [0.15, 0.2) is 66.7 Å². The molecule has 1 aromatic heterocycles. The minimum atomic E-state index is -0.138. The van der Waals surface area contributed by atoms with Gasteiger partial charge in [-0.2, -0.15) is 0 Å². The first-order chi connectivity index (χ1) is 17.5. The molecule has 1 atom stereocenters. The van der Waals surface area contributed by atoms with Gasteiger partial charge < -0.3 is 19.9 Å². The normalized spacial score (nSPS) is 15.8. The van der Waals surface area contributed by atoms with Gasteiger partial charge in [-0.3, -0.25) is 9.59 Å². The summed E-state index contributed by atoms with van der Waals surface area (Å²) in [5.74, 6) is 0.697. The molecule has 7 heteroatoms. The largest absolute Gasteiger partial charge is 0.466 e. The Morgan fingerprint density at radius 1 is 1.14 bits per heavy atom. The SMILES string of the molecule is Cc1ccccc1Nc1nc2ccc(CC(=O)N(C)c3ccc(C4CCCOC(=O)C4)cc3)cc2[nH]1. The van der Waals surface area contributed by atoms with Gasteiger partial charge >= 0.3 is 5.97 Å². The standard InChI is InChI=1S/C29H30N4O3/c1-19-6-3-4-8-24(19)30-29-31-25-14-9-20(16-26(25)32-29)17-27(34)33(2)23-12-10-21(11-13-23)22-7-5-15-36-28(35)18-22/h3-4,6,8-14,16,22H,5,7,15,17-18H2,1-2H3,(H2,30,31,32). The van der Waals surface area contributed by atoms with Crippen LogP contribution in [0.1, 0.15) is 41.9 Å². The molecular formula is C29H30N4O3. The van der Waals surface area contributed by atoms with Gasteiger partial charge in [-0.1, -0.05) is 36.4 Å². The zero-order valence-corrected chi connectivity index (χ0v) is 20.6. The second kappa shape index (κ2) is 10.2. The molecule has 0 spiro atoms. The van der Waals surface area contributed by atoms with Gasteiger partial charge in [0, 0.05) is 18.4 Å². The lowest BCUT2D eigenvalue weighted by molar-refractivity contribution is -0.142. The number of likely N-dealkylation sites (N-methyl/N-ethyl adjacent to an activating group) is 1. The number of benzene rings is 3. The van der Waals surface area contributed by atoms with E-state index >= 15 is 0 Å². The van der Waals surface area contributed by atoms with E-state index in [1.165, 1.54) is 0 Å². The first-order valence-corrected chi connectivity index (χ1v) is 12.3. The highest BCUT2D eigenvalue weighted by atomic mass is 16.5. The summed E-state index contributed by atoms with van der Waals surface area (Å²) in [5, 5.41) is 3.33. The molecule has 1 aliphatic heterocycles. The fourth-order valence-electron chi connectivity index (χ4n) is 4.64. The number of amides is 1. The van der Waals surface area contributed by atoms with Crippen LogP contribution in [-0.2, 0) is 20.7 Å². The average Bonchev–Trinajstić information content (AvgIpc) is 3.15. The number of rotatable bonds is 6. The van der Waals surface area contributed by atoms with Crippen molar-refractivity contribution in [1.82, 2.24) is 9.97 Å². The molecule has 0 radical (unpaired) electrons. The summed E-state index contributed by atoms with van der Waals surface area (Å²) in [4.78, 5) is 34.4. The van der Waals surface area contributed by atoms with Crippen LogP contribution in [0.3, 0.4) is 0 Å². The van der Waals surface area contributed by atoms with Crippen molar-refractivity contribution >= 4 is 40.2 Å². The number of ether oxygens (including phenoxy) is 1. The van der Waals surface area contributed by atoms with Crippen LogP contribution in [0.25, 0.3) is 11.0 Å². The van der Waals surface area contributed by atoms with E-state index in [-0.39, 0.29) is 24.2 Å². The number of aromatic nitrogens is 2. The van der Waals surface area contributed by atoms with Gasteiger partial charge in [-0.05, 0) is 72.7 Å². The Bertz CT molecular complexity index is 1390. The Labute approximate surface area is 210 Å². The van der Waals surface area contributed by atoms with Gasteiger partial charge in [0.05, 0.1) is 30.5 Å². The molecule has 1 unspecified atom stereocenters. The Morgan fingerprint density at radius 2 is 1.94 bits per heavy atom. The average molecular weight is 483 g/mol. The van der Waals surface area contributed by atoms with E-state index in [0.717, 1.165) is 51.9 Å². The maximum Gasteiger partial charge on any atom is 0.306 e. The number of esters is 1. The predicted molar refractivity (Wildman–Crippen MR) is 142 cm³/mol. The molecule has 4 aromatic rings. The number of carbonyl (C=O) groups is 2. The smallest absolute Gasteiger partial charge is 0.306 e. The molecular weight excluding hydrogens is 452 g/mol.